The third kappa shape index (κ3) is 2.65. The second kappa shape index (κ2) is 5.20. The van der Waals surface area contributed by atoms with E-state index in [0.717, 1.165) is 15.7 Å². The van der Waals surface area contributed by atoms with E-state index < -0.39 is 0 Å². The van der Waals surface area contributed by atoms with Crippen LogP contribution < -0.4 is 5.32 Å². The normalized spacial score (nSPS) is 10.9. The second-order valence-corrected chi connectivity index (χ2v) is 5.45. The summed E-state index contributed by atoms with van der Waals surface area (Å²) in [5, 5.41) is 7.33. The first-order valence-corrected chi connectivity index (χ1v) is 6.92. The number of pyridine rings is 1. The van der Waals surface area contributed by atoms with Gasteiger partial charge in [0.15, 0.2) is 5.65 Å². The second-order valence-electron chi connectivity index (χ2n) is 4.53. The zero-order valence-electron chi connectivity index (χ0n) is 10.8. The van der Waals surface area contributed by atoms with Crippen LogP contribution in [0.3, 0.4) is 0 Å². The van der Waals surface area contributed by atoms with Crippen molar-refractivity contribution in [3.8, 4) is 0 Å². The quantitative estimate of drug-likeness (QED) is 0.796. The first-order valence-electron chi connectivity index (χ1n) is 6.13. The Balaban J connectivity index is 1.81. The third-order valence-corrected chi connectivity index (χ3v) is 3.42. The monoisotopic (exact) mass is 334 g/mol. The predicted molar refractivity (Wildman–Crippen MR) is 79.2 cm³/mol. The molecule has 0 amide bonds. The van der Waals surface area contributed by atoms with Crippen LogP contribution in [0.5, 0.6) is 0 Å². The average molecular weight is 335 g/mol. The summed E-state index contributed by atoms with van der Waals surface area (Å²) >= 11 is 3.33. The highest BCUT2D eigenvalue weighted by Crippen LogP contribution is 2.16. The highest BCUT2D eigenvalue weighted by molar-refractivity contribution is 9.10. The summed E-state index contributed by atoms with van der Waals surface area (Å²) < 4.78 is 16.2. The largest absolute Gasteiger partial charge is 0.349 e. The van der Waals surface area contributed by atoms with E-state index in [1.165, 1.54) is 6.07 Å². The number of anilines is 1. The molecular weight excluding hydrogens is 323 g/mol. The van der Waals surface area contributed by atoms with Crippen molar-refractivity contribution >= 4 is 27.5 Å². The van der Waals surface area contributed by atoms with Crippen LogP contribution in [-0.2, 0) is 6.54 Å². The molecule has 0 atom stereocenters. The number of aryl methyl sites for hydroxylation is 1. The molecule has 0 aliphatic carbocycles. The van der Waals surface area contributed by atoms with E-state index in [1.807, 2.05) is 25.3 Å². The number of fused-ring (bicyclic) bond motifs is 1. The molecule has 0 saturated heterocycles. The molecule has 0 bridgehead atoms. The Morgan fingerprint density at radius 1 is 1.30 bits per heavy atom. The van der Waals surface area contributed by atoms with Gasteiger partial charge in [-0.15, -0.1) is 5.10 Å². The number of halogens is 2. The molecule has 0 aliphatic rings. The highest BCUT2D eigenvalue weighted by atomic mass is 79.9. The first-order chi connectivity index (χ1) is 9.61. The lowest BCUT2D eigenvalue weighted by Crippen LogP contribution is -2.03. The Hall–Kier alpha value is -1.95. The molecule has 0 saturated carbocycles. The lowest BCUT2D eigenvalue weighted by molar-refractivity contribution is 0.612. The summed E-state index contributed by atoms with van der Waals surface area (Å²) in [5.74, 6) is 0.232. The molecule has 4 nitrogen and oxygen atoms in total. The Bertz CT molecular complexity index is 769. The Morgan fingerprint density at radius 2 is 2.15 bits per heavy atom. The van der Waals surface area contributed by atoms with Gasteiger partial charge in [0.1, 0.15) is 5.82 Å². The lowest BCUT2D eigenvalue weighted by Gasteiger charge is -2.04. The molecule has 0 radical (unpaired) electrons. The fourth-order valence-electron chi connectivity index (χ4n) is 1.91. The number of hydrogen-bond donors (Lipinski definition) is 1. The maximum atomic E-state index is 13.6. The summed E-state index contributed by atoms with van der Waals surface area (Å²) in [5.41, 5.74) is 2.43. The standard InChI is InChI=1S/C14H12BrFN4/c1-9-2-5-13-18-14(19-20(13)8-9)17-7-10-6-11(15)3-4-12(10)16/h2-6,8H,7H2,1H3,(H,17,19). The van der Waals surface area contributed by atoms with Gasteiger partial charge in [-0.1, -0.05) is 22.0 Å². The van der Waals surface area contributed by atoms with E-state index in [-0.39, 0.29) is 5.82 Å². The Labute approximate surface area is 123 Å². The lowest BCUT2D eigenvalue weighted by atomic mass is 10.2. The molecule has 1 N–H and O–H groups in total. The summed E-state index contributed by atoms with van der Waals surface area (Å²) in [4.78, 5) is 4.33. The highest BCUT2D eigenvalue weighted by Gasteiger charge is 2.06. The Morgan fingerprint density at radius 3 is 3.00 bits per heavy atom. The van der Waals surface area contributed by atoms with Crippen molar-refractivity contribution in [3.63, 3.8) is 0 Å². The molecular formula is C14H12BrFN4. The van der Waals surface area contributed by atoms with E-state index in [4.69, 9.17) is 0 Å². The predicted octanol–water partition coefficient (Wildman–Crippen LogP) is 3.55. The zero-order valence-corrected chi connectivity index (χ0v) is 12.4. The van der Waals surface area contributed by atoms with Crippen LogP contribution in [0.2, 0.25) is 0 Å². The summed E-state index contributed by atoms with van der Waals surface area (Å²) in [6, 6.07) is 8.71. The molecule has 102 valence electrons. The van der Waals surface area contributed by atoms with Gasteiger partial charge >= 0.3 is 0 Å². The maximum Gasteiger partial charge on any atom is 0.243 e. The number of nitrogens with zero attached hydrogens (tertiary/aromatic N) is 3. The van der Waals surface area contributed by atoms with Crippen LogP contribution in [0.25, 0.3) is 5.65 Å². The average Bonchev–Trinajstić information content (AvgIpc) is 2.81. The number of hydrogen-bond acceptors (Lipinski definition) is 3. The van der Waals surface area contributed by atoms with Crippen molar-refractivity contribution in [2.75, 3.05) is 5.32 Å². The molecule has 1 aromatic carbocycles. The smallest absolute Gasteiger partial charge is 0.243 e. The van der Waals surface area contributed by atoms with Gasteiger partial charge in [-0.25, -0.2) is 8.91 Å². The molecule has 6 heteroatoms. The van der Waals surface area contributed by atoms with Crippen LogP contribution in [0.1, 0.15) is 11.1 Å². The molecule has 2 aromatic heterocycles. The topological polar surface area (TPSA) is 42.2 Å². The van der Waals surface area contributed by atoms with Crippen LogP contribution in [-0.4, -0.2) is 14.6 Å². The van der Waals surface area contributed by atoms with Gasteiger partial charge in [0, 0.05) is 22.8 Å². The van der Waals surface area contributed by atoms with Gasteiger partial charge in [-0.05, 0) is 36.8 Å². The minimum Gasteiger partial charge on any atom is -0.349 e. The molecule has 0 unspecified atom stereocenters. The van der Waals surface area contributed by atoms with E-state index >= 15 is 0 Å². The number of aromatic nitrogens is 3. The third-order valence-electron chi connectivity index (χ3n) is 2.92. The summed E-state index contributed by atoms with van der Waals surface area (Å²) in [6.07, 6.45) is 1.90. The van der Waals surface area contributed by atoms with Crippen molar-refractivity contribution in [1.29, 1.82) is 0 Å². The van der Waals surface area contributed by atoms with Crippen LogP contribution in [0.15, 0.2) is 41.0 Å². The summed E-state index contributed by atoms with van der Waals surface area (Å²) in [6.45, 7) is 2.33. The van der Waals surface area contributed by atoms with Crippen molar-refractivity contribution < 1.29 is 4.39 Å². The van der Waals surface area contributed by atoms with Crippen LogP contribution in [0.4, 0.5) is 10.3 Å². The molecule has 0 spiro atoms. The molecule has 0 fully saturated rings. The molecule has 2 heterocycles. The van der Waals surface area contributed by atoms with Gasteiger partial charge < -0.3 is 5.32 Å². The molecule has 20 heavy (non-hydrogen) atoms. The van der Waals surface area contributed by atoms with E-state index in [1.54, 1.807) is 16.6 Å². The maximum absolute atomic E-state index is 13.6. The fraction of sp³-hybridized carbons (Fsp3) is 0.143. The van der Waals surface area contributed by atoms with Crippen LogP contribution in [0, 0.1) is 12.7 Å². The van der Waals surface area contributed by atoms with Crippen molar-refractivity contribution in [1.82, 2.24) is 14.6 Å². The minimum atomic E-state index is -0.250. The number of benzene rings is 1. The molecule has 0 aliphatic heterocycles. The Kier molecular flexibility index (Phi) is 3.40. The van der Waals surface area contributed by atoms with E-state index in [2.05, 4.69) is 31.3 Å². The van der Waals surface area contributed by atoms with Gasteiger partial charge in [-0.2, -0.15) is 4.98 Å². The fourth-order valence-corrected chi connectivity index (χ4v) is 2.32. The van der Waals surface area contributed by atoms with Gasteiger partial charge in [0.05, 0.1) is 0 Å². The minimum absolute atomic E-state index is 0.250. The van der Waals surface area contributed by atoms with Crippen molar-refractivity contribution in [3.05, 3.63) is 57.9 Å². The molecule has 3 aromatic rings. The van der Waals surface area contributed by atoms with Gasteiger partial charge in [-0.3, -0.25) is 0 Å². The number of nitrogens with one attached hydrogen (secondary N) is 1. The van der Waals surface area contributed by atoms with Crippen molar-refractivity contribution in [2.24, 2.45) is 0 Å². The number of rotatable bonds is 3. The SMILES string of the molecule is Cc1ccc2nc(NCc3cc(Br)ccc3F)nn2c1. The van der Waals surface area contributed by atoms with E-state index in [9.17, 15) is 4.39 Å². The zero-order chi connectivity index (χ0) is 14.1. The van der Waals surface area contributed by atoms with E-state index in [0.29, 0.717) is 18.1 Å². The van der Waals surface area contributed by atoms with Gasteiger partial charge in [0.2, 0.25) is 5.95 Å². The van der Waals surface area contributed by atoms with Gasteiger partial charge in [0.25, 0.3) is 0 Å². The first kappa shape index (κ1) is 13.1. The summed E-state index contributed by atoms with van der Waals surface area (Å²) in [7, 11) is 0. The van der Waals surface area contributed by atoms with Crippen LogP contribution >= 0.6 is 15.9 Å². The van der Waals surface area contributed by atoms with Crippen molar-refractivity contribution in [2.45, 2.75) is 13.5 Å². The molecule has 3 rings (SSSR count).